The number of carbonyl (C=O) groups is 1. The van der Waals surface area contributed by atoms with Gasteiger partial charge in [0.1, 0.15) is 11.6 Å². The molecule has 1 aliphatic rings. The lowest BCUT2D eigenvalue weighted by Crippen LogP contribution is -2.36. The molecule has 4 rings (SSSR count). The van der Waals surface area contributed by atoms with E-state index in [1.807, 2.05) is 67.6 Å². The zero-order valence-electron chi connectivity index (χ0n) is 16.7. The summed E-state index contributed by atoms with van der Waals surface area (Å²) in [6.45, 7) is 1.88. The number of benzene rings is 2. The fourth-order valence-electron chi connectivity index (χ4n) is 3.79. The van der Waals surface area contributed by atoms with Gasteiger partial charge in [-0.1, -0.05) is 55.7 Å². The van der Waals surface area contributed by atoms with Crippen molar-refractivity contribution in [3.05, 3.63) is 72.1 Å². The molecule has 0 bridgehead atoms. The van der Waals surface area contributed by atoms with Crippen LogP contribution in [0.25, 0.3) is 11.3 Å². The van der Waals surface area contributed by atoms with Gasteiger partial charge in [-0.15, -0.1) is 0 Å². The molecule has 1 heterocycles. The zero-order chi connectivity index (χ0) is 20.1. The van der Waals surface area contributed by atoms with Crippen molar-refractivity contribution in [2.24, 2.45) is 0 Å². The van der Waals surface area contributed by atoms with Crippen LogP contribution in [0, 0.1) is 6.92 Å². The van der Waals surface area contributed by atoms with Crippen molar-refractivity contribution in [1.82, 2.24) is 15.3 Å². The van der Waals surface area contributed by atoms with E-state index in [1.165, 1.54) is 19.3 Å². The highest BCUT2D eigenvalue weighted by atomic mass is 16.1. The van der Waals surface area contributed by atoms with Crippen LogP contribution in [0.3, 0.4) is 0 Å². The minimum absolute atomic E-state index is 0.00982. The van der Waals surface area contributed by atoms with E-state index < -0.39 is 0 Å². The number of hydrogen-bond donors (Lipinski definition) is 2. The summed E-state index contributed by atoms with van der Waals surface area (Å²) in [6, 6.07) is 19.8. The number of anilines is 2. The van der Waals surface area contributed by atoms with Gasteiger partial charge in [-0.3, -0.25) is 4.79 Å². The topological polar surface area (TPSA) is 66.9 Å². The van der Waals surface area contributed by atoms with Gasteiger partial charge in [0.25, 0.3) is 5.91 Å². The first-order valence-corrected chi connectivity index (χ1v) is 10.3. The van der Waals surface area contributed by atoms with Crippen LogP contribution in [0.2, 0.25) is 0 Å². The van der Waals surface area contributed by atoms with Crippen molar-refractivity contribution in [3.8, 4) is 11.3 Å². The maximum absolute atomic E-state index is 12.6. The quantitative estimate of drug-likeness (QED) is 0.628. The van der Waals surface area contributed by atoms with Crippen LogP contribution >= 0.6 is 0 Å². The molecule has 0 unspecified atom stereocenters. The maximum atomic E-state index is 12.6. The van der Waals surface area contributed by atoms with Crippen molar-refractivity contribution in [2.45, 2.75) is 45.1 Å². The molecular weight excluding hydrogens is 360 g/mol. The molecule has 5 heteroatoms. The monoisotopic (exact) mass is 386 g/mol. The van der Waals surface area contributed by atoms with Gasteiger partial charge >= 0.3 is 0 Å². The lowest BCUT2D eigenvalue weighted by Gasteiger charge is -2.22. The van der Waals surface area contributed by atoms with Gasteiger partial charge in [0.05, 0.1) is 5.69 Å². The van der Waals surface area contributed by atoms with E-state index in [9.17, 15) is 4.79 Å². The van der Waals surface area contributed by atoms with Gasteiger partial charge in [-0.05, 0) is 38.0 Å². The van der Waals surface area contributed by atoms with Gasteiger partial charge < -0.3 is 10.6 Å². The Morgan fingerprint density at radius 1 is 0.931 bits per heavy atom. The summed E-state index contributed by atoms with van der Waals surface area (Å²) in [5.41, 5.74) is 3.40. The predicted octanol–water partition coefficient (Wildman–Crippen LogP) is 5.26. The highest BCUT2D eigenvalue weighted by Crippen LogP contribution is 2.23. The van der Waals surface area contributed by atoms with Gasteiger partial charge in [-0.2, -0.15) is 0 Å². The second-order valence-electron chi connectivity index (χ2n) is 7.57. The standard InChI is InChI=1S/C24H26N4O/c1-17-25-22(18-9-4-2-5-10-18)16-23(26-17)27-21-14-8-11-19(15-21)24(29)28-20-12-6-3-7-13-20/h2,4-5,8-11,14-16,20H,3,6-7,12-13H2,1H3,(H,28,29)(H,25,26,27). The summed E-state index contributed by atoms with van der Waals surface area (Å²) in [5, 5.41) is 6.50. The highest BCUT2D eigenvalue weighted by Gasteiger charge is 2.17. The molecular formula is C24H26N4O. The minimum atomic E-state index is -0.00982. The van der Waals surface area contributed by atoms with Gasteiger partial charge in [0, 0.05) is 28.9 Å². The normalized spacial score (nSPS) is 14.4. The average molecular weight is 386 g/mol. The molecule has 148 valence electrons. The average Bonchev–Trinajstić information content (AvgIpc) is 2.75. The number of nitrogens with one attached hydrogen (secondary N) is 2. The van der Waals surface area contributed by atoms with Crippen LogP contribution in [0.1, 0.15) is 48.3 Å². The van der Waals surface area contributed by atoms with E-state index in [2.05, 4.69) is 20.6 Å². The van der Waals surface area contributed by atoms with E-state index in [4.69, 9.17) is 0 Å². The van der Waals surface area contributed by atoms with Crippen molar-refractivity contribution in [3.63, 3.8) is 0 Å². The second-order valence-corrected chi connectivity index (χ2v) is 7.57. The Bertz CT molecular complexity index is 981. The van der Waals surface area contributed by atoms with Crippen LogP contribution in [-0.2, 0) is 0 Å². The van der Waals surface area contributed by atoms with Gasteiger partial charge in [0.15, 0.2) is 0 Å². The van der Waals surface area contributed by atoms with Crippen molar-refractivity contribution in [1.29, 1.82) is 0 Å². The highest BCUT2D eigenvalue weighted by molar-refractivity contribution is 5.95. The second kappa shape index (κ2) is 8.86. The Labute approximate surface area is 171 Å². The number of carbonyl (C=O) groups excluding carboxylic acids is 1. The number of aryl methyl sites for hydroxylation is 1. The summed E-state index contributed by atoms with van der Waals surface area (Å²) >= 11 is 0. The number of amides is 1. The molecule has 1 aliphatic carbocycles. The Kier molecular flexibility index (Phi) is 5.84. The molecule has 1 aromatic heterocycles. The molecule has 0 saturated heterocycles. The minimum Gasteiger partial charge on any atom is -0.349 e. The van der Waals surface area contributed by atoms with Crippen molar-refractivity contribution >= 4 is 17.4 Å². The smallest absolute Gasteiger partial charge is 0.251 e. The van der Waals surface area contributed by atoms with Gasteiger partial charge in [0.2, 0.25) is 0 Å². The Morgan fingerprint density at radius 2 is 1.72 bits per heavy atom. The van der Waals surface area contributed by atoms with Crippen molar-refractivity contribution in [2.75, 3.05) is 5.32 Å². The molecule has 0 spiro atoms. The number of nitrogens with zero attached hydrogens (tertiary/aromatic N) is 2. The van der Waals surface area contributed by atoms with Crippen molar-refractivity contribution < 1.29 is 4.79 Å². The molecule has 1 fully saturated rings. The summed E-state index contributed by atoms with van der Waals surface area (Å²) in [7, 11) is 0. The first kappa shape index (κ1) is 19.1. The van der Waals surface area contributed by atoms with E-state index in [-0.39, 0.29) is 5.91 Å². The molecule has 29 heavy (non-hydrogen) atoms. The third-order valence-corrected chi connectivity index (χ3v) is 5.25. The third-order valence-electron chi connectivity index (χ3n) is 5.25. The molecule has 2 N–H and O–H groups in total. The van der Waals surface area contributed by atoms with Crippen LogP contribution in [0.4, 0.5) is 11.5 Å². The number of rotatable bonds is 5. The number of aromatic nitrogens is 2. The van der Waals surface area contributed by atoms with Crippen LogP contribution < -0.4 is 10.6 Å². The first-order chi connectivity index (χ1) is 14.2. The Morgan fingerprint density at radius 3 is 2.52 bits per heavy atom. The molecule has 5 nitrogen and oxygen atoms in total. The molecule has 1 saturated carbocycles. The Balaban J connectivity index is 1.50. The van der Waals surface area contributed by atoms with E-state index >= 15 is 0 Å². The lowest BCUT2D eigenvalue weighted by atomic mass is 9.95. The van der Waals surface area contributed by atoms with Crippen LogP contribution in [0.15, 0.2) is 60.7 Å². The number of hydrogen-bond acceptors (Lipinski definition) is 4. The maximum Gasteiger partial charge on any atom is 0.251 e. The molecule has 0 aliphatic heterocycles. The summed E-state index contributed by atoms with van der Waals surface area (Å²) in [4.78, 5) is 21.7. The molecule has 0 radical (unpaired) electrons. The van der Waals surface area contributed by atoms with Crippen LogP contribution in [-0.4, -0.2) is 21.9 Å². The fraction of sp³-hybridized carbons (Fsp3) is 0.292. The third kappa shape index (κ3) is 4.99. The van der Waals surface area contributed by atoms with Crippen LogP contribution in [0.5, 0.6) is 0 Å². The fourth-order valence-corrected chi connectivity index (χ4v) is 3.79. The Hall–Kier alpha value is -3.21. The zero-order valence-corrected chi connectivity index (χ0v) is 16.7. The molecule has 0 atom stereocenters. The summed E-state index contributed by atoms with van der Waals surface area (Å²) < 4.78 is 0. The van der Waals surface area contributed by atoms with Gasteiger partial charge in [-0.25, -0.2) is 9.97 Å². The summed E-state index contributed by atoms with van der Waals surface area (Å²) in [5.74, 6) is 1.39. The predicted molar refractivity (Wildman–Crippen MR) is 116 cm³/mol. The SMILES string of the molecule is Cc1nc(Nc2cccc(C(=O)NC3CCCCC3)c2)cc(-c2ccccc2)n1. The lowest BCUT2D eigenvalue weighted by molar-refractivity contribution is 0.0928. The molecule has 3 aromatic rings. The first-order valence-electron chi connectivity index (χ1n) is 10.3. The van der Waals surface area contributed by atoms with E-state index in [1.54, 1.807) is 0 Å². The molecule has 1 amide bonds. The summed E-state index contributed by atoms with van der Waals surface area (Å²) in [6.07, 6.45) is 5.82. The van der Waals surface area contributed by atoms with E-state index in [0.29, 0.717) is 23.2 Å². The van der Waals surface area contributed by atoms with E-state index in [0.717, 1.165) is 29.8 Å². The largest absolute Gasteiger partial charge is 0.349 e. The molecule has 2 aromatic carbocycles.